The smallest absolute Gasteiger partial charge is 0.261 e. The first-order valence-corrected chi connectivity index (χ1v) is 7.85. The lowest BCUT2D eigenvalue weighted by molar-refractivity contribution is -0.134. The van der Waals surface area contributed by atoms with E-state index in [1.54, 1.807) is 12.1 Å². The molecular weight excluding hydrogens is 293 g/mol. The molecule has 0 aliphatic heterocycles. The van der Waals surface area contributed by atoms with Crippen LogP contribution in [0, 0.1) is 12.7 Å². The molecule has 0 heterocycles. The van der Waals surface area contributed by atoms with Crippen molar-refractivity contribution in [1.29, 1.82) is 0 Å². The maximum absolute atomic E-state index is 13.0. The van der Waals surface area contributed by atoms with E-state index in [4.69, 9.17) is 4.74 Å². The Morgan fingerprint density at radius 1 is 1.22 bits per heavy atom. The van der Waals surface area contributed by atoms with Gasteiger partial charge in [-0.2, -0.15) is 0 Å². The van der Waals surface area contributed by atoms with Crippen LogP contribution in [0.2, 0.25) is 0 Å². The van der Waals surface area contributed by atoms with E-state index in [1.165, 1.54) is 12.1 Å². The Bertz CT molecular complexity index is 680. The Labute approximate surface area is 135 Å². The summed E-state index contributed by atoms with van der Waals surface area (Å²) in [5.74, 6) is 0.412. The molecule has 1 aliphatic rings. The van der Waals surface area contributed by atoms with Crippen LogP contribution in [0.25, 0.3) is 0 Å². The standard InChI is InChI=1S/C19H20FNO2/c1-14-3-2-4-18(11-14)23-13-19(22)21(17-9-10-17)12-15-5-7-16(20)8-6-15/h2-8,11,17H,9-10,12-13H2,1H3. The quantitative estimate of drug-likeness (QED) is 0.814. The molecule has 23 heavy (non-hydrogen) atoms. The van der Waals surface area contributed by atoms with Gasteiger partial charge in [0.2, 0.25) is 0 Å². The molecule has 0 bridgehead atoms. The van der Waals surface area contributed by atoms with E-state index in [2.05, 4.69) is 0 Å². The molecule has 0 unspecified atom stereocenters. The maximum Gasteiger partial charge on any atom is 0.261 e. The number of hydrogen-bond acceptors (Lipinski definition) is 2. The lowest BCUT2D eigenvalue weighted by Crippen LogP contribution is -2.36. The largest absolute Gasteiger partial charge is 0.484 e. The summed E-state index contributed by atoms with van der Waals surface area (Å²) in [6, 6.07) is 14.2. The summed E-state index contributed by atoms with van der Waals surface area (Å²) in [5.41, 5.74) is 2.03. The number of benzene rings is 2. The molecule has 1 saturated carbocycles. The number of carbonyl (C=O) groups is 1. The number of carbonyl (C=O) groups excluding carboxylic acids is 1. The van der Waals surface area contributed by atoms with Crippen LogP contribution in [-0.2, 0) is 11.3 Å². The Hall–Kier alpha value is -2.36. The highest BCUT2D eigenvalue weighted by Gasteiger charge is 2.32. The number of halogens is 1. The molecule has 0 N–H and O–H groups in total. The van der Waals surface area contributed by atoms with E-state index in [1.807, 2.05) is 36.1 Å². The zero-order chi connectivity index (χ0) is 16.2. The highest BCUT2D eigenvalue weighted by atomic mass is 19.1. The van der Waals surface area contributed by atoms with Crippen LogP contribution in [0.3, 0.4) is 0 Å². The fraction of sp³-hybridized carbons (Fsp3) is 0.316. The molecule has 4 heteroatoms. The van der Waals surface area contributed by atoms with Crippen LogP contribution in [0.4, 0.5) is 4.39 Å². The van der Waals surface area contributed by atoms with Crippen LogP contribution in [0.15, 0.2) is 48.5 Å². The monoisotopic (exact) mass is 313 g/mol. The first kappa shape index (κ1) is 15.5. The van der Waals surface area contributed by atoms with Crippen molar-refractivity contribution < 1.29 is 13.9 Å². The topological polar surface area (TPSA) is 29.5 Å². The van der Waals surface area contributed by atoms with Gasteiger partial charge in [0.1, 0.15) is 11.6 Å². The molecular formula is C19H20FNO2. The van der Waals surface area contributed by atoms with Gasteiger partial charge in [-0.05, 0) is 55.2 Å². The van der Waals surface area contributed by atoms with Crippen molar-refractivity contribution in [2.45, 2.75) is 32.4 Å². The van der Waals surface area contributed by atoms with Crippen LogP contribution in [0.1, 0.15) is 24.0 Å². The van der Waals surface area contributed by atoms with E-state index in [0.717, 1.165) is 24.0 Å². The minimum atomic E-state index is -0.263. The summed E-state index contributed by atoms with van der Waals surface area (Å²) in [4.78, 5) is 14.3. The second-order valence-electron chi connectivity index (χ2n) is 5.98. The number of ether oxygens (including phenoxy) is 1. The van der Waals surface area contributed by atoms with E-state index in [-0.39, 0.29) is 24.4 Å². The van der Waals surface area contributed by atoms with Crippen LogP contribution in [0.5, 0.6) is 5.75 Å². The lowest BCUT2D eigenvalue weighted by Gasteiger charge is -2.22. The maximum atomic E-state index is 13.0. The van der Waals surface area contributed by atoms with Gasteiger partial charge in [0.15, 0.2) is 6.61 Å². The second-order valence-corrected chi connectivity index (χ2v) is 5.98. The zero-order valence-corrected chi connectivity index (χ0v) is 13.2. The third kappa shape index (κ3) is 4.31. The van der Waals surface area contributed by atoms with Gasteiger partial charge < -0.3 is 9.64 Å². The lowest BCUT2D eigenvalue weighted by atomic mass is 10.2. The molecule has 3 rings (SSSR count). The number of amides is 1. The first-order valence-electron chi connectivity index (χ1n) is 7.85. The number of rotatable bonds is 6. The average molecular weight is 313 g/mol. The van der Waals surface area contributed by atoms with Gasteiger partial charge in [0.25, 0.3) is 5.91 Å². The van der Waals surface area contributed by atoms with E-state index >= 15 is 0 Å². The fourth-order valence-corrected chi connectivity index (χ4v) is 2.53. The first-order chi connectivity index (χ1) is 11.1. The Morgan fingerprint density at radius 2 is 1.96 bits per heavy atom. The summed E-state index contributed by atoms with van der Waals surface area (Å²) >= 11 is 0. The summed E-state index contributed by atoms with van der Waals surface area (Å²) in [5, 5.41) is 0. The van der Waals surface area contributed by atoms with Gasteiger partial charge in [0.05, 0.1) is 0 Å². The molecule has 2 aromatic carbocycles. The van der Waals surface area contributed by atoms with Crippen LogP contribution >= 0.6 is 0 Å². The Kier molecular flexibility index (Phi) is 4.60. The van der Waals surface area contributed by atoms with Gasteiger partial charge in [-0.3, -0.25) is 4.79 Å². The molecule has 0 spiro atoms. The summed E-state index contributed by atoms with van der Waals surface area (Å²) in [6.45, 7) is 2.52. The van der Waals surface area contributed by atoms with E-state index in [9.17, 15) is 9.18 Å². The SMILES string of the molecule is Cc1cccc(OCC(=O)N(Cc2ccc(F)cc2)C2CC2)c1. The molecule has 0 atom stereocenters. The van der Waals surface area contributed by atoms with Crippen molar-refractivity contribution in [3.05, 3.63) is 65.5 Å². The normalized spacial score (nSPS) is 13.7. The Balaban J connectivity index is 1.61. The Morgan fingerprint density at radius 3 is 2.61 bits per heavy atom. The zero-order valence-electron chi connectivity index (χ0n) is 13.2. The molecule has 1 aliphatic carbocycles. The molecule has 3 nitrogen and oxygen atoms in total. The summed E-state index contributed by atoms with van der Waals surface area (Å²) < 4.78 is 18.6. The molecule has 0 radical (unpaired) electrons. The van der Waals surface area contributed by atoms with Gasteiger partial charge in [-0.1, -0.05) is 24.3 Å². The number of aryl methyl sites for hydroxylation is 1. The number of nitrogens with zero attached hydrogens (tertiary/aromatic N) is 1. The predicted molar refractivity (Wildman–Crippen MR) is 86.6 cm³/mol. The predicted octanol–water partition coefficient (Wildman–Crippen LogP) is 3.70. The number of hydrogen-bond donors (Lipinski definition) is 0. The van der Waals surface area contributed by atoms with Gasteiger partial charge in [0, 0.05) is 12.6 Å². The van der Waals surface area contributed by atoms with E-state index in [0.29, 0.717) is 12.3 Å². The van der Waals surface area contributed by atoms with Crippen molar-refractivity contribution in [2.24, 2.45) is 0 Å². The van der Waals surface area contributed by atoms with Gasteiger partial charge in [-0.25, -0.2) is 4.39 Å². The van der Waals surface area contributed by atoms with Crippen molar-refractivity contribution in [1.82, 2.24) is 4.90 Å². The minimum Gasteiger partial charge on any atom is -0.484 e. The van der Waals surface area contributed by atoms with E-state index < -0.39 is 0 Å². The highest BCUT2D eigenvalue weighted by Crippen LogP contribution is 2.28. The summed E-state index contributed by atoms with van der Waals surface area (Å²) in [6.07, 6.45) is 2.05. The van der Waals surface area contributed by atoms with Crippen molar-refractivity contribution >= 4 is 5.91 Å². The molecule has 1 amide bonds. The van der Waals surface area contributed by atoms with Crippen molar-refractivity contribution in [2.75, 3.05) is 6.61 Å². The van der Waals surface area contributed by atoms with Crippen LogP contribution in [-0.4, -0.2) is 23.5 Å². The third-order valence-corrected chi connectivity index (χ3v) is 3.93. The van der Waals surface area contributed by atoms with Gasteiger partial charge in [-0.15, -0.1) is 0 Å². The molecule has 120 valence electrons. The van der Waals surface area contributed by atoms with Gasteiger partial charge >= 0.3 is 0 Å². The molecule has 0 aromatic heterocycles. The highest BCUT2D eigenvalue weighted by molar-refractivity contribution is 5.78. The molecule has 1 fully saturated rings. The average Bonchev–Trinajstić information content (AvgIpc) is 3.37. The van der Waals surface area contributed by atoms with Crippen molar-refractivity contribution in [3.63, 3.8) is 0 Å². The fourth-order valence-electron chi connectivity index (χ4n) is 2.53. The summed E-state index contributed by atoms with van der Waals surface area (Å²) in [7, 11) is 0. The minimum absolute atomic E-state index is 0.0289. The van der Waals surface area contributed by atoms with Crippen LogP contribution < -0.4 is 4.74 Å². The molecule has 2 aromatic rings. The molecule has 0 saturated heterocycles. The van der Waals surface area contributed by atoms with Crippen molar-refractivity contribution in [3.8, 4) is 5.75 Å². The third-order valence-electron chi connectivity index (χ3n) is 3.93. The second kappa shape index (κ2) is 6.82.